The summed E-state index contributed by atoms with van der Waals surface area (Å²) in [5.41, 5.74) is 2.84. The Morgan fingerprint density at radius 3 is 2.86 bits per heavy atom. The van der Waals surface area contributed by atoms with Gasteiger partial charge in [-0.05, 0) is 42.0 Å². The van der Waals surface area contributed by atoms with Crippen molar-refractivity contribution in [1.29, 1.82) is 0 Å². The molecule has 6 heteroatoms. The highest BCUT2D eigenvalue weighted by atomic mass is 16.7. The number of allylic oxidation sites excluding steroid dienone is 3. The molecule has 0 aromatic heterocycles. The summed E-state index contributed by atoms with van der Waals surface area (Å²) in [7, 11) is 2.08. The van der Waals surface area contributed by atoms with E-state index in [0.29, 0.717) is 6.61 Å². The van der Waals surface area contributed by atoms with Crippen LogP contribution in [-0.4, -0.2) is 66.5 Å². The van der Waals surface area contributed by atoms with Crippen molar-refractivity contribution in [3.8, 4) is 11.5 Å². The summed E-state index contributed by atoms with van der Waals surface area (Å²) < 4.78 is 6.35. The molecule has 156 valence electrons. The van der Waals surface area contributed by atoms with Gasteiger partial charge in [0.25, 0.3) is 0 Å². The van der Waals surface area contributed by atoms with E-state index in [2.05, 4.69) is 55.5 Å². The van der Waals surface area contributed by atoms with E-state index in [1.165, 1.54) is 0 Å². The average Bonchev–Trinajstić information content (AvgIpc) is 3.17. The fourth-order valence-corrected chi connectivity index (χ4v) is 4.17. The lowest BCUT2D eigenvalue weighted by atomic mass is 9.86. The van der Waals surface area contributed by atoms with Gasteiger partial charge in [0.1, 0.15) is 17.1 Å². The van der Waals surface area contributed by atoms with Crippen LogP contribution in [0.15, 0.2) is 48.2 Å². The molecule has 0 bridgehead atoms. The van der Waals surface area contributed by atoms with Crippen LogP contribution in [-0.2, 0) is 4.84 Å². The maximum Gasteiger partial charge on any atom is 0.142 e. The van der Waals surface area contributed by atoms with Crippen molar-refractivity contribution < 1.29 is 14.7 Å². The number of aromatic hydroxyl groups is 1. The van der Waals surface area contributed by atoms with Gasteiger partial charge < -0.3 is 20.1 Å². The van der Waals surface area contributed by atoms with Crippen LogP contribution in [0, 0.1) is 0 Å². The quantitative estimate of drug-likeness (QED) is 0.720. The van der Waals surface area contributed by atoms with E-state index < -0.39 is 0 Å². The molecule has 0 aliphatic carbocycles. The van der Waals surface area contributed by atoms with Crippen LogP contribution < -0.4 is 10.1 Å². The molecule has 0 amide bonds. The number of hydrogen-bond donors (Lipinski definition) is 2. The van der Waals surface area contributed by atoms with Crippen molar-refractivity contribution in [2.75, 3.05) is 39.8 Å². The standard InChI is InChI=1S/C23H31N3O3/c1-4-26(5-2)28-15-18-7-6-17(14-25(18)3)21-13-23(10-11-24-16-23)29-22-9-8-19(27)12-20(21)22/h6-9,12-14,18,24,27H,4-5,10-11,15-16H2,1-3H3. The van der Waals surface area contributed by atoms with E-state index in [-0.39, 0.29) is 17.4 Å². The summed E-state index contributed by atoms with van der Waals surface area (Å²) in [6, 6.07) is 5.54. The Balaban J connectivity index is 1.60. The average molecular weight is 398 g/mol. The first kappa shape index (κ1) is 20.0. The van der Waals surface area contributed by atoms with Crippen molar-refractivity contribution >= 4 is 5.57 Å². The smallest absolute Gasteiger partial charge is 0.142 e. The second-order valence-electron chi connectivity index (χ2n) is 7.92. The Bertz CT molecular complexity index is 836. The summed E-state index contributed by atoms with van der Waals surface area (Å²) in [6.45, 7) is 8.30. The van der Waals surface area contributed by atoms with Gasteiger partial charge in [0.2, 0.25) is 0 Å². The Kier molecular flexibility index (Phi) is 5.67. The molecule has 2 atom stereocenters. The minimum atomic E-state index is -0.324. The number of hydrogen-bond acceptors (Lipinski definition) is 6. The predicted molar refractivity (Wildman–Crippen MR) is 115 cm³/mol. The molecule has 0 radical (unpaired) electrons. The molecule has 4 rings (SSSR count). The van der Waals surface area contributed by atoms with Gasteiger partial charge in [-0.1, -0.05) is 26.0 Å². The normalized spacial score (nSPS) is 25.8. The molecule has 3 aliphatic heterocycles. The second kappa shape index (κ2) is 8.22. The number of nitrogens with zero attached hydrogens (tertiary/aromatic N) is 2. The highest BCUT2D eigenvalue weighted by molar-refractivity contribution is 5.87. The fraction of sp³-hybridized carbons (Fsp3) is 0.478. The van der Waals surface area contributed by atoms with Gasteiger partial charge in [0, 0.05) is 44.9 Å². The Labute approximate surface area is 173 Å². The van der Waals surface area contributed by atoms with Crippen LogP contribution in [0.2, 0.25) is 0 Å². The maximum absolute atomic E-state index is 10.1. The van der Waals surface area contributed by atoms with Crippen LogP contribution in [0.5, 0.6) is 11.5 Å². The molecule has 1 fully saturated rings. The van der Waals surface area contributed by atoms with Gasteiger partial charge >= 0.3 is 0 Å². The van der Waals surface area contributed by atoms with E-state index in [9.17, 15) is 5.11 Å². The molecule has 3 aliphatic rings. The highest BCUT2D eigenvalue weighted by Gasteiger charge is 2.39. The van der Waals surface area contributed by atoms with Crippen LogP contribution in [0.3, 0.4) is 0 Å². The van der Waals surface area contributed by atoms with Gasteiger partial charge in [-0.25, -0.2) is 0 Å². The van der Waals surface area contributed by atoms with Crippen LogP contribution in [0.1, 0.15) is 25.8 Å². The number of fused-ring (bicyclic) bond motifs is 1. The fourth-order valence-electron chi connectivity index (χ4n) is 4.17. The minimum absolute atomic E-state index is 0.186. The molecule has 0 saturated carbocycles. The topological polar surface area (TPSA) is 57.2 Å². The monoisotopic (exact) mass is 397 g/mol. The number of benzene rings is 1. The molecule has 1 aromatic rings. The van der Waals surface area contributed by atoms with Gasteiger partial charge in [-0.2, -0.15) is 5.06 Å². The third-order valence-corrected chi connectivity index (χ3v) is 5.93. The molecule has 6 nitrogen and oxygen atoms in total. The molecular weight excluding hydrogens is 366 g/mol. The number of phenolic OH excluding ortho intramolecular Hbond substituents is 1. The summed E-state index contributed by atoms with van der Waals surface area (Å²) in [4.78, 5) is 8.11. The van der Waals surface area contributed by atoms with Gasteiger partial charge in [0.05, 0.1) is 12.6 Å². The lowest BCUT2D eigenvalue weighted by Gasteiger charge is -2.35. The van der Waals surface area contributed by atoms with Gasteiger partial charge in [-0.3, -0.25) is 4.84 Å². The number of hydroxylamine groups is 2. The first-order valence-electron chi connectivity index (χ1n) is 10.5. The molecule has 1 saturated heterocycles. The number of phenols is 1. The summed E-state index contributed by atoms with van der Waals surface area (Å²) >= 11 is 0. The SMILES string of the molecule is CCN(CC)OCC1C=CC(C2=CC3(CCNC3)Oc3ccc(O)cc32)=CN1C. The molecule has 2 unspecified atom stereocenters. The largest absolute Gasteiger partial charge is 0.508 e. The lowest BCUT2D eigenvalue weighted by Crippen LogP contribution is -2.39. The minimum Gasteiger partial charge on any atom is -0.508 e. The van der Waals surface area contributed by atoms with Crippen molar-refractivity contribution in [3.63, 3.8) is 0 Å². The van der Waals surface area contributed by atoms with E-state index in [0.717, 1.165) is 55.1 Å². The third-order valence-electron chi connectivity index (χ3n) is 5.93. The van der Waals surface area contributed by atoms with E-state index in [4.69, 9.17) is 9.57 Å². The predicted octanol–water partition coefficient (Wildman–Crippen LogP) is 2.93. The summed E-state index contributed by atoms with van der Waals surface area (Å²) in [5, 5.41) is 15.4. The van der Waals surface area contributed by atoms with Crippen molar-refractivity contribution in [1.82, 2.24) is 15.3 Å². The third kappa shape index (κ3) is 4.06. The zero-order chi connectivity index (χ0) is 20.4. The molecule has 29 heavy (non-hydrogen) atoms. The van der Waals surface area contributed by atoms with Crippen molar-refractivity contribution in [2.45, 2.75) is 31.9 Å². The summed E-state index contributed by atoms with van der Waals surface area (Å²) in [6.07, 6.45) is 9.68. The molecule has 1 aromatic carbocycles. The van der Waals surface area contributed by atoms with Crippen LogP contribution in [0.4, 0.5) is 0 Å². The zero-order valence-corrected chi connectivity index (χ0v) is 17.5. The highest BCUT2D eigenvalue weighted by Crippen LogP contribution is 2.43. The van der Waals surface area contributed by atoms with Crippen molar-refractivity contribution in [3.05, 3.63) is 53.8 Å². The maximum atomic E-state index is 10.1. The van der Waals surface area contributed by atoms with Crippen molar-refractivity contribution in [2.24, 2.45) is 0 Å². The molecule has 3 heterocycles. The number of nitrogens with one attached hydrogen (secondary N) is 1. The number of rotatable bonds is 6. The zero-order valence-electron chi connectivity index (χ0n) is 17.5. The van der Waals surface area contributed by atoms with Gasteiger partial charge in [-0.15, -0.1) is 0 Å². The Morgan fingerprint density at radius 1 is 1.34 bits per heavy atom. The first-order valence-corrected chi connectivity index (χ1v) is 10.5. The van der Waals surface area contributed by atoms with E-state index in [1.54, 1.807) is 12.1 Å². The second-order valence-corrected chi connectivity index (χ2v) is 7.92. The van der Waals surface area contributed by atoms with E-state index >= 15 is 0 Å². The Morgan fingerprint density at radius 2 is 2.17 bits per heavy atom. The van der Waals surface area contributed by atoms with Crippen LogP contribution >= 0.6 is 0 Å². The van der Waals surface area contributed by atoms with E-state index in [1.807, 2.05) is 11.1 Å². The molecule has 2 N–H and O–H groups in total. The molecule has 1 spiro atoms. The van der Waals surface area contributed by atoms with Crippen LogP contribution in [0.25, 0.3) is 5.57 Å². The van der Waals surface area contributed by atoms with Gasteiger partial charge in [0.15, 0.2) is 0 Å². The Hall–Kier alpha value is -2.28. The number of likely N-dealkylation sites (N-methyl/N-ethyl adjacent to an activating group) is 1. The molecular formula is C23H31N3O3. The number of ether oxygens (including phenoxy) is 1. The lowest BCUT2D eigenvalue weighted by molar-refractivity contribution is -0.160. The first-order chi connectivity index (χ1) is 14.0. The summed E-state index contributed by atoms with van der Waals surface area (Å²) in [5.74, 6) is 1.07.